The molecule has 0 spiro atoms. The summed E-state index contributed by atoms with van der Waals surface area (Å²) in [4.78, 5) is 15.6. The van der Waals surface area contributed by atoms with Crippen LogP contribution in [0.4, 0.5) is 0 Å². The topological polar surface area (TPSA) is 74.6 Å². The second-order valence-electron chi connectivity index (χ2n) is 3.77. The maximum absolute atomic E-state index is 11.7. The van der Waals surface area contributed by atoms with Gasteiger partial charge in [-0.15, -0.1) is 0 Å². The van der Waals surface area contributed by atoms with Crippen LogP contribution in [0.3, 0.4) is 0 Å². The van der Waals surface area contributed by atoms with Crippen LogP contribution in [-0.4, -0.2) is 22.2 Å². The Bertz CT molecular complexity index is 660. The molecule has 0 saturated heterocycles. The van der Waals surface area contributed by atoms with Crippen molar-refractivity contribution >= 4 is 57.3 Å². The third-order valence-electron chi connectivity index (χ3n) is 2.35. The number of amides is 1. The molecule has 0 radical (unpaired) electrons. The second-order valence-corrected chi connectivity index (χ2v) is 6.17. The number of aromatic hydroxyl groups is 1. The van der Waals surface area contributed by atoms with E-state index in [2.05, 4.69) is 38.1 Å². The molecule has 0 aliphatic heterocycles. The Kier molecular flexibility index (Phi) is 5.29. The summed E-state index contributed by atoms with van der Waals surface area (Å²) in [5.74, 6) is -0.209. The van der Waals surface area contributed by atoms with Crippen molar-refractivity contribution in [3.63, 3.8) is 0 Å². The minimum atomic E-state index is -0.353. The van der Waals surface area contributed by atoms with Gasteiger partial charge in [-0.05, 0) is 69.4 Å². The van der Waals surface area contributed by atoms with Crippen LogP contribution in [0.2, 0.25) is 0 Å². The van der Waals surface area contributed by atoms with Gasteiger partial charge >= 0.3 is 0 Å². The average Bonchev–Trinajstić information content (AvgIpc) is 2.44. The number of nitrogens with one attached hydrogen (secondary N) is 1. The molecule has 1 amide bonds. The van der Waals surface area contributed by atoms with E-state index in [0.29, 0.717) is 11.1 Å². The summed E-state index contributed by atoms with van der Waals surface area (Å²) in [6.07, 6.45) is 4.45. The van der Waals surface area contributed by atoms with Gasteiger partial charge in [0.05, 0.1) is 15.3 Å². The molecule has 0 bridgehead atoms. The van der Waals surface area contributed by atoms with Crippen LogP contribution >= 0.6 is 45.2 Å². The number of phenolic OH excluding ortho intramolecular Hbond substituents is 1. The lowest BCUT2D eigenvalue weighted by molar-refractivity contribution is 0.0954. The predicted molar refractivity (Wildman–Crippen MR) is 92.8 cm³/mol. The Morgan fingerprint density at radius 3 is 2.90 bits per heavy atom. The molecule has 0 fully saturated rings. The molecular weight excluding hydrogens is 484 g/mol. The fourth-order valence-corrected chi connectivity index (χ4v) is 3.30. The van der Waals surface area contributed by atoms with Crippen molar-refractivity contribution in [2.75, 3.05) is 0 Å². The van der Waals surface area contributed by atoms with Gasteiger partial charge in [0.25, 0.3) is 5.91 Å². The molecule has 0 atom stereocenters. The van der Waals surface area contributed by atoms with Crippen molar-refractivity contribution in [3.8, 4) is 5.75 Å². The van der Waals surface area contributed by atoms with Crippen molar-refractivity contribution in [2.24, 2.45) is 5.10 Å². The van der Waals surface area contributed by atoms with Crippen molar-refractivity contribution in [3.05, 3.63) is 54.9 Å². The highest BCUT2D eigenvalue weighted by molar-refractivity contribution is 14.1. The smallest absolute Gasteiger partial charge is 0.272 e. The standard InChI is InChI=1S/C13H9I2N3O2/c14-10-4-9(12(19)11(15)5-10)7-17-18-13(20)8-2-1-3-16-6-8/h1-7,19H,(H,18,20). The van der Waals surface area contributed by atoms with Crippen LogP contribution in [-0.2, 0) is 0 Å². The van der Waals surface area contributed by atoms with Crippen LogP contribution in [0.25, 0.3) is 0 Å². The molecule has 2 aromatic rings. The van der Waals surface area contributed by atoms with Crippen molar-refractivity contribution in [2.45, 2.75) is 0 Å². The van der Waals surface area contributed by atoms with Gasteiger partial charge in [-0.3, -0.25) is 9.78 Å². The van der Waals surface area contributed by atoms with E-state index in [1.165, 1.54) is 12.4 Å². The predicted octanol–water partition coefficient (Wildman–Crippen LogP) is 2.76. The van der Waals surface area contributed by atoms with E-state index in [1.807, 2.05) is 28.7 Å². The molecule has 1 aromatic carbocycles. The van der Waals surface area contributed by atoms with Crippen LogP contribution in [0.15, 0.2) is 41.8 Å². The van der Waals surface area contributed by atoms with Gasteiger partial charge in [-0.25, -0.2) is 5.43 Å². The quantitative estimate of drug-likeness (QED) is 0.393. The zero-order chi connectivity index (χ0) is 14.5. The Hall–Kier alpha value is -1.23. The number of nitrogens with zero attached hydrogens (tertiary/aromatic N) is 2. The Balaban J connectivity index is 2.10. The summed E-state index contributed by atoms with van der Waals surface area (Å²) in [7, 11) is 0. The molecule has 0 aliphatic carbocycles. The zero-order valence-corrected chi connectivity index (χ0v) is 14.4. The monoisotopic (exact) mass is 493 g/mol. The van der Waals surface area contributed by atoms with E-state index in [0.717, 1.165) is 7.14 Å². The third-order valence-corrected chi connectivity index (χ3v) is 3.80. The molecule has 2 N–H and O–H groups in total. The van der Waals surface area contributed by atoms with E-state index in [4.69, 9.17) is 0 Å². The maximum Gasteiger partial charge on any atom is 0.272 e. The van der Waals surface area contributed by atoms with E-state index in [9.17, 15) is 9.90 Å². The molecular formula is C13H9I2N3O2. The van der Waals surface area contributed by atoms with Gasteiger partial charge in [0, 0.05) is 21.5 Å². The Labute approximate surface area is 142 Å². The summed E-state index contributed by atoms with van der Waals surface area (Å²) in [5.41, 5.74) is 3.36. The van der Waals surface area contributed by atoms with Gasteiger partial charge in [0.15, 0.2) is 0 Å². The van der Waals surface area contributed by atoms with Crippen molar-refractivity contribution < 1.29 is 9.90 Å². The molecule has 5 nitrogen and oxygen atoms in total. The second kappa shape index (κ2) is 6.97. The molecule has 20 heavy (non-hydrogen) atoms. The molecule has 0 saturated carbocycles. The molecule has 7 heteroatoms. The summed E-state index contributed by atoms with van der Waals surface area (Å²) >= 11 is 4.19. The highest BCUT2D eigenvalue weighted by atomic mass is 127. The van der Waals surface area contributed by atoms with Crippen molar-refractivity contribution in [1.82, 2.24) is 10.4 Å². The SMILES string of the molecule is O=C(NN=Cc1cc(I)cc(I)c1O)c1cccnc1. The Morgan fingerprint density at radius 1 is 1.40 bits per heavy atom. The lowest BCUT2D eigenvalue weighted by Crippen LogP contribution is -2.17. The molecule has 0 aliphatic rings. The molecule has 2 rings (SSSR count). The maximum atomic E-state index is 11.7. The van der Waals surface area contributed by atoms with Gasteiger partial charge < -0.3 is 5.11 Å². The van der Waals surface area contributed by atoms with E-state index in [1.54, 1.807) is 24.4 Å². The van der Waals surface area contributed by atoms with Gasteiger partial charge in [0.2, 0.25) is 0 Å². The van der Waals surface area contributed by atoms with Crippen molar-refractivity contribution in [1.29, 1.82) is 0 Å². The lowest BCUT2D eigenvalue weighted by atomic mass is 10.2. The summed E-state index contributed by atoms with van der Waals surface area (Å²) < 4.78 is 1.71. The average molecular weight is 493 g/mol. The lowest BCUT2D eigenvalue weighted by Gasteiger charge is -2.03. The van der Waals surface area contributed by atoms with E-state index < -0.39 is 0 Å². The number of carbonyl (C=O) groups excluding carboxylic acids is 1. The number of benzene rings is 1. The first-order chi connectivity index (χ1) is 9.58. The highest BCUT2D eigenvalue weighted by Crippen LogP contribution is 2.25. The first kappa shape index (κ1) is 15.2. The third kappa shape index (κ3) is 3.88. The fraction of sp³-hybridized carbons (Fsp3) is 0. The number of pyridine rings is 1. The van der Waals surface area contributed by atoms with E-state index in [-0.39, 0.29) is 11.7 Å². The minimum absolute atomic E-state index is 0.144. The van der Waals surface area contributed by atoms with Crippen LogP contribution in [0.1, 0.15) is 15.9 Å². The minimum Gasteiger partial charge on any atom is -0.506 e. The first-order valence-electron chi connectivity index (χ1n) is 5.49. The number of hydrogen-bond donors (Lipinski definition) is 2. The molecule has 1 aromatic heterocycles. The fourth-order valence-electron chi connectivity index (χ4n) is 1.41. The Morgan fingerprint density at radius 2 is 2.20 bits per heavy atom. The number of hydrogen-bond acceptors (Lipinski definition) is 4. The van der Waals surface area contributed by atoms with Crippen LogP contribution in [0, 0.1) is 7.14 Å². The largest absolute Gasteiger partial charge is 0.506 e. The number of hydrazone groups is 1. The molecule has 0 unspecified atom stereocenters. The normalized spacial score (nSPS) is 10.7. The number of halogens is 2. The van der Waals surface area contributed by atoms with Gasteiger partial charge in [-0.1, -0.05) is 0 Å². The zero-order valence-electron chi connectivity index (χ0n) is 10.0. The number of phenols is 1. The molecule has 102 valence electrons. The number of carbonyl (C=O) groups is 1. The van der Waals surface area contributed by atoms with Gasteiger partial charge in [-0.2, -0.15) is 5.10 Å². The summed E-state index contributed by atoms with van der Waals surface area (Å²) in [5, 5.41) is 13.7. The first-order valence-corrected chi connectivity index (χ1v) is 7.65. The van der Waals surface area contributed by atoms with E-state index >= 15 is 0 Å². The summed E-state index contributed by atoms with van der Waals surface area (Å²) in [6, 6.07) is 6.94. The summed E-state index contributed by atoms with van der Waals surface area (Å²) in [6.45, 7) is 0. The molecule has 1 heterocycles. The highest BCUT2D eigenvalue weighted by Gasteiger charge is 2.06. The van der Waals surface area contributed by atoms with Crippen LogP contribution < -0.4 is 5.43 Å². The van der Waals surface area contributed by atoms with Gasteiger partial charge in [0.1, 0.15) is 5.75 Å². The number of rotatable bonds is 3. The number of aromatic nitrogens is 1. The van der Waals surface area contributed by atoms with Crippen LogP contribution in [0.5, 0.6) is 5.75 Å².